The maximum absolute atomic E-state index is 5.90. The third-order valence-corrected chi connectivity index (χ3v) is 2.31. The Balaban J connectivity index is 2.03. The number of benzene rings is 1. The van der Waals surface area contributed by atoms with Gasteiger partial charge in [-0.3, -0.25) is 0 Å². The van der Waals surface area contributed by atoms with Gasteiger partial charge in [-0.05, 0) is 18.2 Å². The van der Waals surface area contributed by atoms with Crippen molar-refractivity contribution in [3.8, 4) is 5.75 Å². The SMILES string of the molecule is Clc1ncccc1COc1ccccc1. The lowest BCUT2D eigenvalue weighted by molar-refractivity contribution is 0.306. The molecule has 0 bridgehead atoms. The molecule has 2 rings (SSSR count). The van der Waals surface area contributed by atoms with Crippen LogP contribution in [0.3, 0.4) is 0 Å². The second-order valence-electron chi connectivity index (χ2n) is 3.06. The highest BCUT2D eigenvalue weighted by atomic mass is 35.5. The van der Waals surface area contributed by atoms with Crippen molar-refractivity contribution >= 4 is 11.6 Å². The van der Waals surface area contributed by atoms with Crippen molar-refractivity contribution in [1.82, 2.24) is 4.98 Å². The molecule has 0 fully saturated rings. The first-order valence-corrected chi connectivity index (χ1v) is 5.01. The number of nitrogens with zero attached hydrogens (tertiary/aromatic N) is 1. The zero-order valence-corrected chi connectivity index (χ0v) is 8.82. The van der Waals surface area contributed by atoms with Crippen LogP contribution in [0.4, 0.5) is 0 Å². The van der Waals surface area contributed by atoms with Gasteiger partial charge in [0.05, 0.1) is 0 Å². The molecule has 1 aromatic carbocycles. The van der Waals surface area contributed by atoms with Gasteiger partial charge in [0.2, 0.25) is 0 Å². The monoisotopic (exact) mass is 219 g/mol. The maximum Gasteiger partial charge on any atom is 0.135 e. The number of hydrogen-bond acceptors (Lipinski definition) is 2. The maximum atomic E-state index is 5.90. The minimum atomic E-state index is 0.441. The van der Waals surface area contributed by atoms with E-state index in [1.807, 2.05) is 42.5 Å². The molecule has 0 unspecified atom stereocenters. The molecule has 76 valence electrons. The number of rotatable bonds is 3. The molecule has 2 nitrogen and oxygen atoms in total. The Bertz CT molecular complexity index is 431. The molecule has 0 radical (unpaired) electrons. The average molecular weight is 220 g/mol. The summed E-state index contributed by atoms with van der Waals surface area (Å²) in [7, 11) is 0. The van der Waals surface area contributed by atoms with Crippen LogP contribution < -0.4 is 4.74 Å². The molecule has 0 atom stereocenters. The molecular weight excluding hydrogens is 210 g/mol. The largest absolute Gasteiger partial charge is 0.489 e. The zero-order valence-electron chi connectivity index (χ0n) is 8.06. The summed E-state index contributed by atoms with van der Waals surface area (Å²) in [5.74, 6) is 0.831. The molecule has 2 aromatic rings. The number of para-hydroxylation sites is 1. The summed E-state index contributed by atoms with van der Waals surface area (Å²) in [5, 5.41) is 0.494. The molecule has 0 amide bonds. The van der Waals surface area contributed by atoms with E-state index in [0.717, 1.165) is 11.3 Å². The van der Waals surface area contributed by atoms with E-state index < -0.39 is 0 Å². The van der Waals surface area contributed by atoms with Crippen molar-refractivity contribution in [3.05, 3.63) is 59.4 Å². The van der Waals surface area contributed by atoms with Crippen LogP contribution >= 0.6 is 11.6 Å². The van der Waals surface area contributed by atoms with Crippen molar-refractivity contribution < 1.29 is 4.74 Å². The Labute approximate surface area is 93.5 Å². The first-order valence-electron chi connectivity index (χ1n) is 4.63. The fourth-order valence-electron chi connectivity index (χ4n) is 1.20. The summed E-state index contributed by atoms with van der Waals surface area (Å²) in [6.45, 7) is 0.441. The Morgan fingerprint density at radius 2 is 1.87 bits per heavy atom. The quantitative estimate of drug-likeness (QED) is 0.739. The van der Waals surface area contributed by atoms with Crippen molar-refractivity contribution in [1.29, 1.82) is 0 Å². The van der Waals surface area contributed by atoms with Crippen molar-refractivity contribution in [2.24, 2.45) is 0 Å². The molecule has 1 aromatic heterocycles. The zero-order chi connectivity index (χ0) is 10.5. The number of hydrogen-bond donors (Lipinski definition) is 0. The Morgan fingerprint density at radius 3 is 2.60 bits per heavy atom. The topological polar surface area (TPSA) is 22.1 Å². The molecule has 0 saturated carbocycles. The third kappa shape index (κ3) is 2.70. The number of halogens is 1. The minimum Gasteiger partial charge on any atom is -0.489 e. The molecule has 0 aliphatic carbocycles. The highest BCUT2D eigenvalue weighted by Gasteiger charge is 2.00. The summed E-state index contributed by atoms with van der Waals surface area (Å²) in [6.07, 6.45) is 1.66. The van der Waals surface area contributed by atoms with E-state index >= 15 is 0 Å². The average Bonchev–Trinajstić information content (AvgIpc) is 2.29. The Morgan fingerprint density at radius 1 is 1.07 bits per heavy atom. The predicted octanol–water partition coefficient (Wildman–Crippen LogP) is 3.31. The molecule has 0 N–H and O–H groups in total. The molecule has 1 heterocycles. The smallest absolute Gasteiger partial charge is 0.135 e. The van der Waals surface area contributed by atoms with Crippen molar-refractivity contribution in [2.75, 3.05) is 0 Å². The fourth-order valence-corrected chi connectivity index (χ4v) is 1.38. The third-order valence-electron chi connectivity index (χ3n) is 1.97. The van der Waals surface area contributed by atoms with Crippen molar-refractivity contribution in [3.63, 3.8) is 0 Å². The van der Waals surface area contributed by atoms with Crippen LogP contribution in [0, 0.1) is 0 Å². The van der Waals surface area contributed by atoms with Crippen LogP contribution in [-0.4, -0.2) is 4.98 Å². The molecular formula is C12H10ClNO. The first kappa shape index (κ1) is 9.99. The van der Waals surface area contributed by atoms with Gasteiger partial charge >= 0.3 is 0 Å². The van der Waals surface area contributed by atoms with Crippen LogP contribution in [0.25, 0.3) is 0 Å². The second-order valence-corrected chi connectivity index (χ2v) is 3.41. The lowest BCUT2D eigenvalue weighted by Gasteiger charge is -2.06. The van der Waals surface area contributed by atoms with Gasteiger partial charge in [-0.25, -0.2) is 4.98 Å². The van der Waals surface area contributed by atoms with E-state index in [0.29, 0.717) is 11.8 Å². The summed E-state index contributed by atoms with van der Waals surface area (Å²) in [5.41, 5.74) is 0.892. The number of ether oxygens (including phenoxy) is 1. The molecule has 15 heavy (non-hydrogen) atoms. The fraction of sp³-hybridized carbons (Fsp3) is 0.0833. The van der Waals surface area contributed by atoms with Gasteiger partial charge < -0.3 is 4.74 Å². The predicted molar refractivity (Wildman–Crippen MR) is 60.0 cm³/mol. The highest BCUT2D eigenvalue weighted by molar-refractivity contribution is 6.30. The van der Waals surface area contributed by atoms with E-state index in [2.05, 4.69) is 4.98 Å². The van der Waals surface area contributed by atoms with Gasteiger partial charge in [0.15, 0.2) is 0 Å². The molecule has 0 aliphatic heterocycles. The van der Waals surface area contributed by atoms with Gasteiger partial charge in [-0.1, -0.05) is 35.9 Å². The van der Waals surface area contributed by atoms with Crippen LogP contribution in [0.15, 0.2) is 48.7 Å². The van der Waals surface area contributed by atoms with E-state index in [4.69, 9.17) is 16.3 Å². The first-order chi connectivity index (χ1) is 7.36. The van der Waals surface area contributed by atoms with Crippen LogP contribution in [-0.2, 0) is 6.61 Å². The minimum absolute atomic E-state index is 0.441. The van der Waals surface area contributed by atoms with Gasteiger partial charge in [0.1, 0.15) is 17.5 Å². The lowest BCUT2D eigenvalue weighted by Crippen LogP contribution is -1.96. The normalized spacial score (nSPS) is 9.93. The van der Waals surface area contributed by atoms with Crippen LogP contribution in [0.5, 0.6) is 5.75 Å². The Hall–Kier alpha value is -1.54. The van der Waals surface area contributed by atoms with Crippen molar-refractivity contribution in [2.45, 2.75) is 6.61 Å². The number of pyridine rings is 1. The van der Waals surface area contributed by atoms with E-state index in [1.54, 1.807) is 6.20 Å². The van der Waals surface area contributed by atoms with Gasteiger partial charge in [-0.15, -0.1) is 0 Å². The van der Waals surface area contributed by atoms with Gasteiger partial charge in [-0.2, -0.15) is 0 Å². The van der Waals surface area contributed by atoms with Gasteiger partial charge in [0, 0.05) is 11.8 Å². The van der Waals surface area contributed by atoms with Crippen LogP contribution in [0.1, 0.15) is 5.56 Å². The molecule has 0 spiro atoms. The highest BCUT2D eigenvalue weighted by Crippen LogP contribution is 2.15. The summed E-state index contributed by atoms with van der Waals surface area (Å²) >= 11 is 5.90. The molecule has 3 heteroatoms. The second kappa shape index (κ2) is 4.80. The standard InChI is InChI=1S/C12H10ClNO/c13-12-10(5-4-8-14-12)9-15-11-6-2-1-3-7-11/h1-8H,9H2. The number of aromatic nitrogens is 1. The van der Waals surface area contributed by atoms with E-state index in [1.165, 1.54) is 0 Å². The molecule has 0 saturated heterocycles. The van der Waals surface area contributed by atoms with E-state index in [-0.39, 0.29) is 0 Å². The Kier molecular flexibility index (Phi) is 3.20. The summed E-state index contributed by atoms with van der Waals surface area (Å²) < 4.78 is 5.55. The van der Waals surface area contributed by atoms with Crippen LogP contribution in [0.2, 0.25) is 5.15 Å². The lowest BCUT2D eigenvalue weighted by atomic mass is 10.3. The van der Waals surface area contributed by atoms with E-state index in [9.17, 15) is 0 Å². The summed E-state index contributed by atoms with van der Waals surface area (Å²) in [4.78, 5) is 3.98. The summed E-state index contributed by atoms with van der Waals surface area (Å²) in [6, 6.07) is 13.4. The van der Waals surface area contributed by atoms with Gasteiger partial charge in [0.25, 0.3) is 0 Å². The molecule has 0 aliphatic rings.